The van der Waals surface area contributed by atoms with E-state index in [1.165, 1.54) is 16.8 Å². The van der Waals surface area contributed by atoms with Gasteiger partial charge in [0, 0.05) is 11.4 Å². The first-order valence-corrected chi connectivity index (χ1v) is 9.83. The third-order valence-electron chi connectivity index (χ3n) is 4.58. The van der Waals surface area contributed by atoms with Crippen LogP contribution < -0.4 is 10.6 Å². The van der Waals surface area contributed by atoms with E-state index in [1.54, 1.807) is 51.1 Å². The fourth-order valence-corrected chi connectivity index (χ4v) is 2.86. The molecule has 2 N–H and O–H groups in total. The zero-order chi connectivity index (χ0) is 23.3. The van der Waals surface area contributed by atoms with E-state index in [9.17, 15) is 18.8 Å². The molecule has 9 nitrogen and oxygen atoms in total. The van der Waals surface area contributed by atoms with Crippen molar-refractivity contribution in [1.29, 1.82) is 0 Å². The van der Waals surface area contributed by atoms with Crippen LogP contribution in [0.3, 0.4) is 0 Å². The van der Waals surface area contributed by atoms with Gasteiger partial charge in [0.2, 0.25) is 5.91 Å². The number of rotatable bonds is 7. The fourth-order valence-electron chi connectivity index (χ4n) is 2.86. The summed E-state index contributed by atoms with van der Waals surface area (Å²) < 4.78 is 19.9. The Morgan fingerprint density at radius 1 is 1.06 bits per heavy atom. The van der Waals surface area contributed by atoms with Gasteiger partial charge in [-0.15, -0.1) is 5.10 Å². The molecule has 0 atom stereocenters. The molecule has 3 rings (SSSR count). The maximum atomic E-state index is 13.7. The normalized spacial score (nSPS) is 10.5. The van der Waals surface area contributed by atoms with Gasteiger partial charge in [-0.05, 0) is 56.7 Å². The SMILES string of the molecule is CCOC(=O)c1cccc(NC(=O)Cn2nnc(C(=O)Nc3ccc(C)c(F)c3)c2C)c1. The number of amides is 2. The smallest absolute Gasteiger partial charge is 0.338 e. The molecule has 10 heteroatoms. The van der Waals surface area contributed by atoms with Gasteiger partial charge in [-0.2, -0.15) is 0 Å². The Bertz CT molecular complexity index is 1170. The van der Waals surface area contributed by atoms with Crippen molar-refractivity contribution >= 4 is 29.2 Å². The van der Waals surface area contributed by atoms with Gasteiger partial charge in [-0.1, -0.05) is 17.3 Å². The number of carbonyl (C=O) groups excluding carboxylic acids is 3. The molecule has 0 saturated heterocycles. The molecule has 32 heavy (non-hydrogen) atoms. The van der Waals surface area contributed by atoms with Crippen LogP contribution in [-0.2, 0) is 16.1 Å². The third kappa shape index (κ3) is 5.34. The molecule has 3 aromatic rings. The van der Waals surface area contributed by atoms with Crippen LogP contribution in [0, 0.1) is 19.7 Å². The maximum absolute atomic E-state index is 13.7. The van der Waals surface area contributed by atoms with Crippen molar-refractivity contribution in [2.24, 2.45) is 0 Å². The van der Waals surface area contributed by atoms with Crippen molar-refractivity contribution in [2.75, 3.05) is 17.2 Å². The summed E-state index contributed by atoms with van der Waals surface area (Å²) >= 11 is 0. The molecule has 1 heterocycles. The molecular weight excluding hydrogens is 417 g/mol. The molecule has 0 saturated carbocycles. The Balaban J connectivity index is 1.65. The number of benzene rings is 2. The number of hydrogen-bond acceptors (Lipinski definition) is 6. The first kappa shape index (κ1) is 22.6. The largest absolute Gasteiger partial charge is 0.462 e. The first-order chi connectivity index (χ1) is 15.3. The van der Waals surface area contributed by atoms with E-state index in [-0.39, 0.29) is 24.5 Å². The van der Waals surface area contributed by atoms with E-state index < -0.39 is 23.6 Å². The topological polar surface area (TPSA) is 115 Å². The second kappa shape index (κ2) is 9.82. The number of nitrogens with zero attached hydrogens (tertiary/aromatic N) is 3. The summed E-state index contributed by atoms with van der Waals surface area (Å²) in [5.74, 6) is -1.92. The molecular formula is C22H22FN5O4. The lowest BCUT2D eigenvalue weighted by molar-refractivity contribution is -0.117. The summed E-state index contributed by atoms with van der Waals surface area (Å²) in [5.41, 5.74) is 1.86. The standard InChI is InChI=1S/C22H22FN5O4/c1-4-32-22(31)15-6-5-7-16(10-15)24-19(29)12-28-14(3)20(26-27-28)21(30)25-17-9-8-13(2)18(23)11-17/h5-11H,4,12H2,1-3H3,(H,24,29)(H,25,30). The van der Waals surface area contributed by atoms with E-state index >= 15 is 0 Å². The molecule has 0 spiro atoms. The lowest BCUT2D eigenvalue weighted by atomic mass is 10.2. The minimum atomic E-state index is -0.570. The zero-order valence-corrected chi connectivity index (χ0v) is 17.8. The summed E-state index contributed by atoms with van der Waals surface area (Å²) in [6.45, 7) is 4.97. The predicted molar refractivity (Wildman–Crippen MR) is 115 cm³/mol. The number of carbonyl (C=O) groups is 3. The van der Waals surface area contributed by atoms with Crippen LogP contribution in [0.2, 0.25) is 0 Å². The van der Waals surface area contributed by atoms with Gasteiger partial charge < -0.3 is 15.4 Å². The number of halogens is 1. The molecule has 0 fully saturated rings. The summed E-state index contributed by atoms with van der Waals surface area (Å²) in [7, 11) is 0. The number of anilines is 2. The number of ether oxygens (including phenoxy) is 1. The number of aromatic nitrogens is 3. The quantitative estimate of drug-likeness (QED) is 0.547. The monoisotopic (exact) mass is 439 g/mol. The Hall–Kier alpha value is -4.08. The highest BCUT2D eigenvalue weighted by Gasteiger charge is 2.19. The van der Waals surface area contributed by atoms with Crippen LogP contribution in [0.15, 0.2) is 42.5 Å². The molecule has 2 amide bonds. The summed E-state index contributed by atoms with van der Waals surface area (Å²) in [6, 6.07) is 10.7. The highest BCUT2D eigenvalue weighted by molar-refractivity contribution is 6.03. The molecule has 1 aromatic heterocycles. The van der Waals surface area contributed by atoms with Crippen molar-refractivity contribution in [3.05, 3.63) is 70.8 Å². The third-order valence-corrected chi connectivity index (χ3v) is 4.58. The molecule has 0 aliphatic carbocycles. The van der Waals surface area contributed by atoms with Crippen molar-refractivity contribution in [3.63, 3.8) is 0 Å². The number of nitrogens with one attached hydrogen (secondary N) is 2. The van der Waals surface area contributed by atoms with E-state index in [2.05, 4.69) is 20.9 Å². The second-order valence-electron chi connectivity index (χ2n) is 6.95. The molecule has 0 aliphatic heterocycles. The lowest BCUT2D eigenvalue weighted by Gasteiger charge is -2.08. The number of hydrogen-bond donors (Lipinski definition) is 2. The van der Waals surface area contributed by atoms with E-state index in [1.807, 2.05) is 0 Å². The Labute approximate surface area is 183 Å². The van der Waals surface area contributed by atoms with Gasteiger partial charge in [0.05, 0.1) is 17.9 Å². The van der Waals surface area contributed by atoms with Gasteiger partial charge in [0.25, 0.3) is 5.91 Å². The van der Waals surface area contributed by atoms with Crippen LogP contribution in [0.4, 0.5) is 15.8 Å². The summed E-state index contributed by atoms with van der Waals surface area (Å²) in [5, 5.41) is 12.9. The molecule has 2 aromatic carbocycles. The minimum Gasteiger partial charge on any atom is -0.462 e. The van der Waals surface area contributed by atoms with E-state index in [4.69, 9.17) is 4.74 Å². The van der Waals surface area contributed by atoms with Crippen LogP contribution in [-0.4, -0.2) is 39.4 Å². The van der Waals surface area contributed by atoms with Crippen LogP contribution >= 0.6 is 0 Å². The van der Waals surface area contributed by atoms with Gasteiger partial charge in [0.15, 0.2) is 5.69 Å². The Morgan fingerprint density at radius 2 is 1.81 bits per heavy atom. The van der Waals surface area contributed by atoms with E-state index in [0.29, 0.717) is 22.5 Å². The molecule has 0 unspecified atom stereocenters. The van der Waals surface area contributed by atoms with Gasteiger partial charge in [0.1, 0.15) is 12.4 Å². The zero-order valence-electron chi connectivity index (χ0n) is 17.8. The summed E-state index contributed by atoms with van der Waals surface area (Å²) in [4.78, 5) is 36.7. The number of esters is 1. The van der Waals surface area contributed by atoms with Gasteiger partial charge in [-0.25, -0.2) is 13.9 Å². The highest BCUT2D eigenvalue weighted by Crippen LogP contribution is 2.16. The molecule has 0 radical (unpaired) electrons. The Morgan fingerprint density at radius 3 is 2.53 bits per heavy atom. The molecule has 166 valence electrons. The molecule has 0 bridgehead atoms. The van der Waals surface area contributed by atoms with Gasteiger partial charge >= 0.3 is 5.97 Å². The minimum absolute atomic E-state index is 0.0168. The average molecular weight is 439 g/mol. The lowest BCUT2D eigenvalue weighted by Crippen LogP contribution is -2.21. The second-order valence-corrected chi connectivity index (χ2v) is 6.95. The highest BCUT2D eigenvalue weighted by atomic mass is 19.1. The van der Waals surface area contributed by atoms with Crippen molar-refractivity contribution in [1.82, 2.24) is 15.0 Å². The predicted octanol–water partition coefficient (Wildman–Crippen LogP) is 3.10. The van der Waals surface area contributed by atoms with Crippen LogP contribution in [0.25, 0.3) is 0 Å². The average Bonchev–Trinajstić information content (AvgIpc) is 3.11. The number of aryl methyl sites for hydroxylation is 1. The van der Waals surface area contributed by atoms with E-state index in [0.717, 1.165) is 0 Å². The molecule has 0 aliphatic rings. The summed E-state index contributed by atoms with van der Waals surface area (Å²) in [6.07, 6.45) is 0. The Kier molecular flexibility index (Phi) is 6.93. The first-order valence-electron chi connectivity index (χ1n) is 9.83. The van der Waals surface area contributed by atoms with Gasteiger partial charge in [-0.3, -0.25) is 9.59 Å². The van der Waals surface area contributed by atoms with Crippen LogP contribution in [0.1, 0.15) is 39.0 Å². The fraction of sp³-hybridized carbons (Fsp3) is 0.227. The van der Waals surface area contributed by atoms with Crippen molar-refractivity contribution < 1.29 is 23.5 Å². The van der Waals surface area contributed by atoms with Crippen LogP contribution in [0.5, 0.6) is 0 Å². The van der Waals surface area contributed by atoms with Crippen molar-refractivity contribution in [2.45, 2.75) is 27.3 Å². The maximum Gasteiger partial charge on any atom is 0.338 e. The van der Waals surface area contributed by atoms with Crippen molar-refractivity contribution in [3.8, 4) is 0 Å².